The fraction of sp³-hybridized carbons (Fsp3) is 0.400. The number of pyridine rings is 1. The van der Waals surface area contributed by atoms with Gasteiger partial charge in [0.15, 0.2) is 5.65 Å². The number of nitrogens with zero attached hydrogens (tertiary/aromatic N) is 4. The van der Waals surface area contributed by atoms with Gasteiger partial charge in [0.2, 0.25) is 5.91 Å². The summed E-state index contributed by atoms with van der Waals surface area (Å²) in [6.07, 6.45) is 3.70. The molecule has 0 aliphatic carbocycles. The van der Waals surface area contributed by atoms with Gasteiger partial charge in [0.25, 0.3) is 0 Å². The molecule has 1 aromatic carbocycles. The van der Waals surface area contributed by atoms with E-state index >= 15 is 0 Å². The molecule has 0 unspecified atom stereocenters. The average Bonchev–Trinajstić information content (AvgIpc) is 3.36. The Morgan fingerprint density at radius 1 is 1.25 bits per heavy atom. The van der Waals surface area contributed by atoms with Crippen molar-refractivity contribution in [3.05, 3.63) is 53.0 Å². The van der Waals surface area contributed by atoms with Gasteiger partial charge < -0.3 is 10.3 Å². The van der Waals surface area contributed by atoms with Crippen LogP contribution >= 0.6 is 0 Å². The van der Waals surface area contributed by atoms with Crippen molar-refractivity contribution in [1.29, 1.82) is 0 Å². The molecule has 0 atom stereocenters. The SMILES string of the molecule is CNC(=O)CN1CC(c2ccc3[nH]c(-c4cn5ncnc5c(C)c4C)c(C(C)C)c3c2)C1. The Labute approximate surface area is 187 Å². The number of nitrogens with one attached hydrogen (secondary N) is 2. The lowest BCUT2D eigenvalue weighted by atomic mass is 9.88. The molecule has 32 heavy (non-hydrogen) atoms. The molecule has 1 aliphatic rings. The molecule has 3 aromatic heterocycles. The van der Waals surface area contributed by atoms with Crippen molar-refractivity contribution in [1.82, 2.24) is 29.8 Å². The molecule has 1 saturated heterocycles. The second kappa shape index (κ2) is 7.74. The lowest BCUT2D eigenvalue weighted by Gasteiger charge is -2.39. The zero-order chi connectivity index (χ0) is 22.6. The highest BCUT2D eigenvalue weighted by Gasteiger charge is 2.30. The maximum atomic E-state index is 11.6. The monoisotopic (exact) mass is 430 g/mol. The Balaban J connectivity index is 1.55. The molecule has 1 fully saturated rings. The number of fused-ring (bicyclic) bond motifs is 2. The first-order valence-corrected chi connectivity index (χ1v) is 11.3. The van der Waals surface area contributed by atoms with Gasteiger partial charge in [0.05, 0.1) is 12.2 Å². The van der Waals surface area contributed by atoms with Gasteiger partial charge in [0.1, 0.15) is 6.33 Å². The summed E-state index contributed by atoms with van der Waals surface area (Å²) >= 11 is 0. The molecule has 2 N–H and O–H groups in total. The molecule has 1 aliphatic heterocycles. The number of hydrogen-bond acceptors (Lipinski definition) is 4. The Hall–Kier alpha value is -3.19. The van der Waals surface area contributed by atoms with Gasteiger partial charge in [-0.1, -0.05) is 19.9 Å². The van der Waals surface area contributed by atoms with Gasteiger partial charge >= 0.3 is 0 Å². The van der Waals surface area contributed by atoms with Gasteiger partial charge in [-0.15, -0.1) is 0 Å². The van der Waals surface area contributed by atoms with Crippen molar-refractivity contribution in [3.63, 3.8) is 0 Å². The zero-order valence-corrected chi connectivity index (χ0v) is 19.4. The van der Waals surface area contributed by atoms with Crippen LogP contribution in [0.5, 0.6) is 0 Å². The van der Waals surface area contributed by atoms with Crippen LogP contribution in [-0.2, 0) is 4.79 Å². The molecule has 0 radical (unpaired) electrons. The Morgan fingerprint density at radius 3 is 2.75 bits per heavy atom. The van der Waals surface area contributed by atoms with Crippen LogP contribution in [0.3, 0.4) is 0 Å². The summed E-state index contributed by atoms with van der Waals surface area (Å²) < 4.78 is 1.87. The molecule has 7 heteroatoms. The maximum absolute atomic E-state index is 11.6. The first kappa shape index (κ1) is 20.7. The number of rotatable bonds is 5. The molecule has 0 bridgehead atoms. The predicted octanol–water partition coefficient (Wildman–Crippen LogP) is 3.76. The minimum atomic E-state index is 0.0753. The number of benzene rings is 1. The van der Waals surface area contributed by atoms with Crippen molar-refractivity contribution >= 4 is 22.5 Å². The first-order chi connectivity index (χ1) is 15.4. The molecule has 7 nitrogen and oxygen atoms in total. The number of likely N-dealkylation sites (N-methyl/N-ethyl adjacent to an activating group) is 1. The summed E-state index contributed by atoms with van der Waals surface area (Å²) in [6, 6.07) is 6.79. The molecule has 4 aromatic rings. The van der Waals surface area contributed by atoms with E-state index in [0.29, 0.717) is 18.4 Å². The minimum Gasteiger partial charge on any atom is -0.358 e. The van der Waals surface area contributed by atoms with Crippen LogP contribution in [0.2, 0.25) is 0 Å². The number of hydrogen-bond donors (Lipinski definition) is 2. The summed E-state index contributed by atoms with van der Waals surface area (Å²) in [6.45, 7) is 11.1. The number of aryl methyl sites for hydroxylation is 1. The summed E-state index contributed by atoms with van der Waals surface area (Å²) in [7, 11) is 1.69. The third kappa shape index (κ3) is 3.28. The van der Waals surface area contributed by atoms with E-state index < -0.39 is 0 Å². The molecule has 4 heterocycles. The molecule has 166 valence electrons. The second-order valence-corrected chi connectivity index (χ2v) is 9.26. The lowest BCUT2D eigenvalue weighted by Crippen LogP contribution is -2.49. The summed E-state index contributed by atoms with van der Waals surface area (Å²) in [4.78, 5) is 21.9. The van der Waals surface area contributed by atoms with Crippen LogP contribution in [0.25, 0.3) is 27.8 Å². The number of aromatic amines is 1. The van der Waals surface area contributed by atoms with Gasteiger partial charge in [-0.3, -0.25) is 9.69 Å². The van der Waals surface area contributed by atoms with Crippen LogP contribution < -0.4 is 5.32 Å². The van der Waals surface area contributed by atoms with Gasteiger partial charge in [0, 0.05) is 48.7 Å². The number of likely N-dealkylation sites (tertiary alicyclic amines) is 1. The number of aromatic nitrogens is 4. The maximum Gasteiger partial charge on any atom is 0.233 e. The van der Waals surface area contributed by atoms with E-state index in [2.05, 4.69) is 77.4 Å². The van der Waals surface area contributed by atoms with Crippen molar-refractivity contribution < 1.29 is 4.79 Å². The highest BCUT2D eigenvalue weighted by atomic mass is 16.1. The van der Waals surface area contributed by atoms with Crippen molar-refractivity contribution in [3.8, 4) is 11.3 Å². The zero-order valence-electron chi connectivity index (χ0n) is 19.4. The van der Waals surface area contributed by atoms with Crippen LogP contribution in [0, 0.1) is 13.8 Å². The second-order valence-electron chi connectivity index (χ2n) is 9.26. The fourth-order valence-electron chi connectivity index (χ4n) is 4.94. The quantitative estimate of drug-likeness (QED) is 0.505. The van der Waals surface area contributed by atoms with Gasteiger partial charge in [-0.05, 0) is 54.2 Å². The average molecular weight is 431 g/mol. The lowest BCUT2D eigenvalue weighted by molar-refractivity contribution is -0.122. The Morgan fingerprint density at radius 2 is 2.03 bits per heavy atom. The molecule has 0 saturated carbocycles. The highest BCUT2D eigenvalue weighted by molar-refractivity contribution is 5.92. The van der Waals surface area contributed by atoms with Crippen molar-refractivity contribution in [2.24, 2.45) is 0 Å². The van der Waals surface area contributed by atoms with E-state index in [1.54, 1.807) is 13.4 Å². The molecular formula is C25H30N6O. The normalized spacial score (nSPS) is 15.1. The van der Waals surface area contributed by atoms with Crippen LogP contribution in [0.1, 0.15) is 47.9 Å². The molecule has 0 spiro atoms. The topological polar surface area (TPSA) is 78.3 Å². The van der Waals surface area contributed by atoms with E-state index in [4.69, 9.17) is 0 Å². The first-order valence-electron chi connectivity index (χ1n) is 11.3. The van der Waals surface area contributed by atoms with E-state index in [1.165, 1.54) is 33.3 Å². The molecule has 1 amide bonds. The summed E-state index contributed by atoms with van der Waals surface area (Å²) in [5, 5.41) is 8.37. The van der Waals surface area contributed by atoms with Gasteiger partial charge in [-0.2, -0.15) is 5.10 Å². The van der Waals surface area contributed by atoms with Crippen LogP contribution in [-0.4, -0.2) is 57.1 Å². The van der Waals surface area contributed by atoms with Crippen LogP contribution in [0.15, 0.2) is 30.7 Å². The molecule has 5 rings (SSSR count). The smallest absolute Gasteiger partial charge is 0.233 e. The minimum absolute atomic E-state index is 0.0753. The third-order valence-electron chi connectivity index (χ3n) is 6.91. The highest BCUT2D eigenvalue weighted by Crippen LogP contribution is 2.39. The van der Waals surface area contributed by atoms with E-state index in [-0.39, 0.29) is 5.91 Å². The summed E-state index contributed by atoms with van der Waals surface area (Å²) in [5.41, 5.74) is 9.46. The van der Waals surface area contributed by atoms with E-state index in [0.717, 1.165) is 29.8 Å². The van der Waals surface area contributed by atoms with E-state index in [1.807, 2.05) is 4.52 Å². The van der Waals surface area contributed by atoms with E-state index in [9.17, 15) is 4.79 Å². The van der Waals surface area contributed by atoms with Crippen molar-refractivity contribution in [2.45, 2.75) is 39.5 Å². The predicted molar refractivity (Wildman–Crippen MR) is 127 cm³/mol. The third-order valence-corrected chi connectivity index (χ3v) is 6.91. The summed E-state index contributed by atoms with van der Waals surface area (Å²) in [5.74, 6) is 0.912. The fourth-order valence-corrected chi connectivity index (χ4v) is 4.94. The standard InChI is InChI=1S/C25H30N6O/c1-14(2)23-19-8-17(18-9-30(10-18)12-22(32)26-5)6-7-21(19)29-24(23)20-11-31-25(27-13-28-31)16(4)15(20)3/h6-8,11,13-14,18,29H,9-10,12H2,1-5H3,(H,26,32). The van der Waals surface area contributed by atoms with Gasteiger partial charge in [-0.25, -0.2) is 9.50 Å². The van der Waals surface area contributed by atoms with Crippen molar-refractivity contribution in [2.75, 3.05) is 26.7 Å². The van der Waals surface area contributed by atoms with Crippen LogP contribution in [0.4, 0.5) is 0 Å². The number of amides is 1. The molecular weight excluding hydrogens is 400 g/mol. The Kier molecular flexibility index (Phi) is 5.01. The number of H-pyrrole nitrogens is 1. The Bertz CT molecular complexity index is 1330. The number of carbonyl (C=O) groups excluding carboxylic acids is 1. The largest absolute Gasteiger partial charge is 0.358 e. The number of carbonyl (C=O) groups is 1.